The summed E-state index contributed by atoms with van der Waals surface area (Å²) >= 11 is 0. The Balaban J connectivity index is 2.19. The molecule has 0 aliphatic rings. The van der Waals surface area contributed by atoms with Gasteiger partial charge in [0.1, 0.15) is 17.4 Å². The van der Waals surface area contributed by atoms with Crippen molar-refractivity contribution in [1.82, 2.24) is 0 Å². The maximum Gasteiger partial charge on any atom is 0.266 e. The number of ether oxygens (including phenoxy) is 1. The van der Waals surface area contributed by atoms with Crippen LogP contribution in [0.15, 0.2) is 54.1 Å². The van der Waals surface area contributed by atoms with E-state index < -0.39 is 5.91 Å². The first-order valence-corrected chi connectivity index (χ1v) is 7.21. The molecule has 120 valence electrons. The molecule has 2 aromatic carbocycles. The summed E-state index contributed by atoms with van der Waals surface area (Å²) in [5.74, 6) is 0.0607. The standard InChI is InChI=1S/C19H16N2O3/c1-13(22)15-4-3-5-17(11-15)21-19(23)16(12-20)10-14-6-8-18(24-2)9-7-14/h3-11H,1-2H3,(H,21,23)/b16-10+. The Morgan fingerprint density at radius 1 is 1.17 bits per heavy atom. The number of anilines is 1. The molecule has 0 bridgehead atoms. The van der Waals surface area contributed by atoms with Gasteiger partial charge < -0.3 is 10.1 Å². The van der Waals surface area contributed by atoms with Crippen molar-refractivity contribution in [3.63, 3.8) is 0 Å². The Hall–Kier alpha value is -3.39. The second-order valence-electron chi connectivity index (χ2n) is 5.03. The molecular formula is C19H16N2O3. The Labute approximate surface area is 140 Å². The SMILES string of the molecule is COc1ccc(/C=C(\C#N)C(=O)Nc2cccc(C(C)=O)c2)cc1. The van der Waals surface area contributed by atoms with Crippen LogP contribution in [0, 0.1) is 11.3 Å². The minimum absolute atomic E-state index is 0.0339. The third kappa shape index (κ3) is 4.31. The van der Waals surface area contributed by atoms with E-state index in [0.717, 1.165) is 0 Å². The lowest BCUT2D eigenvalue weighted by Crippen LogP contribution is -2.13. The normalized spacial score (nSPS) is 10.6. The molecule has 0 saturated carbocycles. The first-order chi connectivity index (χ1) is 11.5. The second kappa shape index (κ2) is 7.75. The van der Waals surface area contributed by atoms with Gasteiger partial charge in [-0.25, -0.2) is 0 Å². The lowest BCUT2D eigenvalue weighted by atomic mass is 10.1. The van der Waals surface area contributed by atoms with Crippen molar-refractivity contribution in [1.29, 1.82) is 5.26 Å². The molecule has 1 N–H and O–H groups in total. The fraction of sp³-hybridized carbons (Fsp3) is 0.105. The second-order valence-corrected chi connectivity index (χ2v) is 5.03. The lowest BCUT2D eigenvalue weighted by Gasteiger charge is -2.06. The highest BCUT2D eigenvalue weighted by Crippen LogP contribution is 2.16. The zero-order valence-corrected chi connectivity index (χ0v) is 13.4. The van der Waals surface area contributed by atoms with Crippen LogP contribution in [0.5, 0.6) is 5.75 Å². The molecule has 0 aliphatic carbocycles. The Kier molecular flexibility index (Phi) is 5.48. The van der Waals surface area contributed by atoms with Gasteiger partial charge in [0.05, 0.1) is 7.11 Å². The lowest BCUT2D eigenvalue weighted by molar-refractivity contribution is -0.112. The maximum absolute atomic E-state index is 12.2. The smallest absolute Gasteiger partial charge is 0.266 e. The van der Waals surface area contributed by atoms with Crippen molar-refractivity contribution in [2.24, 2.45) is 0 Å². The molecule has 2 aromatic rings. The number of hydrogen-bond acceptors (Lipinski definition) is 4. The van der Waals surface area contributed by atoms with E-state index in [1.54, 1.807) is 55.6 Å². The molecular weight excluding hydrogens is 304 g/mol. The highest BCUT2D eigenvalue weighted by atomic mass is 16.5. The average Bonchev–Trinajstić information content (AvgIpc) is 2.60. The summed E-state index contributed by atoms with van der Waals surface area (Å²) in [7, 11) is 1.56. The first-order valence-electron chi connectivity index (χ1n) is 7.21. The number of rotatable bonds is 5. The van der Waals surface area contributed by atoms with Gasteiger partial charge in [-0.15, -0.1) is 0 Å². The molecule has 0 aromatic heterocycles. The van der Waals surface area contributed by atoms with Gasteiger partial charge in [0.2, 0.25) is 0 Å². The van der Waals surface area contributed by atoms with E-state index in [1.165, 1.54) is 13.0 Å². The molecule has 0 heterocycles. The number of amides is 1. The molecule has 0 radical (unpaired) electrons. The number of Topliss-reactive ketones (excluding diaryl/α,β-unsaturated/α-hetero) is 1. The maximum atomic E-state index is 12.2. The van der Waals surface area contributed by atoms with Crippen LogP contribution in [0.1, 0.15) is 22.8 Å². The molecule has 2 rings (SSSR count). The summed E-state index contributed by atoms with van der Waals surface area (Å²) in [5.41, 5.74) is 1.63. The van der Waals surface area contributed by atoms with Gasteiger partial charge in [0.15, 0.2) is 5.78 Å². The number of benzene rings is 2. The minimum Gasteiger partial charge on any atom is -0.497 e. The quantitative estimate of drug-likeness (QED) is 0.520. The summed E-state index contributed by atoms with van der Waals surface area (Å²) < 4.78 is 5.06. The van der Waals surface area contributed by atoms with Crippen LogP contribution in [0.4, 0.5) is 5.69 Å². The van der Waals surface area contributed by atoms with E-state index in [1.807, 2.05) is 6.07 Å². The summed E-state index contributed by atoms with van der Waals surface area (Å²) in [6.07, 6.45) is 1.49. The van der Waals surface area contributed by atoms with E-state index in [-0.39, 0.29) is 11.4 Å². The molecule has 1 amide bonds. The van der Waals surface area contributed by atoms with Crippen molar-refractivity contribution in [3.8, 4) is 11.8 Å². The molecule has 24 heavy (non-hydrogen) atoms. The zero-order chi connectivity index (χ0) is 17.5. The fourth-order valence-electron chi connectivity index (χ4n) is 2.03. The number of ketones is 1. The fourth-order valence-corrected chi connectivity index (χ4v) is 2.03. The van der Waals surface area contributed by atoms with E-state index >= 15 is 0 Å². The van der Waals surface area contributed by atoms with Crippen LogP contribution in [-0.4, -0.2) is 18.8 Å². The largest absolute Gasteiger partial charge is 0.497 e. The summed E-state index contributed by atoms with van der Waals surface area (Å²) in [6.45, 7) is 1.45. The molecule has 0 aliphatic heterocycles. The number of nitriles is 1. The van der Waals surface area contributed by atoms with Gasteiger partial charge in [0, 0.05) is 11.3 Å². The van der Waals surface area contributed by atoms with Gasteiger partial charge in [-0.1, -0.05) is 24.3 Å². The molecule has 0 spiro atoms. The predicted molar refractivity (Wildman–Crippen MR) is 91.7 cm³/mol. The minimum atomic E-state index is -0.533. The highest BCUT2D eigenvalue weighted by Gasteiger charge is 2.10. The number of methoxy groups -OCH3 is 1. The van der Waals surface area contributed by atoms with Crippen molar-refractivity contribution < 1.29 is 14.3 Å². The van der Waals surface area contributed by atoms with Crippen molar-refractivity contribution in [2.75, 3.05) is 12.4 Å². The van der Waals surface area contributed by atoms with Crippen LogP contribution in [0.25, 0.3) is 6.08 Å². The predicted octanol–water partition coefficient (Wildman–Crippen LogP) is 3.44. The van der Waals surface area contributed by atoms with E-state index in [2.05, 4.69) is 5.32 Å². The van der Waals surface area contributed by atoms with Gasteiger partial charge in [-0.2, -0.15) is 5.26 Å². The summed E-state index contributed by atoms with van der Waals surface area (Å²) in [5, 5.41) is 11.8. The Morgan fingerprint density at radius 2 is 1.88 bits per heavy atom. The van der Waals surface area contributed by atoms with Crippen LogP contribution in [-0.2, 0) is 4.79 Å². The summed E-state index contributed by atoms with van der Waals surface area (Å²) in [4.78, 5) is 23.6. The highest BCUT2D eigenvalue weighted by molar-refractivity contribution is 6.10. The number of nitrogens with zero attached hydrogens (tertiary/aromatic N) is 1. The molecule has 0 fully saturated rings. The molecule has 5 heteroatoms. The van der Waals surface area contributed by atoms with Crippen LogP contribution in [0.3, 0.4) is 0 Å². The number of carbonyl (C=O) groups excluding carboxylic acids is 2. The molecule has 0 saturated heterocycles. The number of hydrogen-bond donors (Lipinski definition) is 1. The Morgan fingerprint density at radius 3 is 2.46 bits per heavy atom. The molecule has 5 nitrogen and oxygen atoms in total. The van der Waals surface area contributed by atoms with Gasteiger partial charge in [-0.05, 0) is 42.8 Å². The number of nitrogens with one attached hydrogen (secondary N) is 1. The number of carbonyl (C=O) groups is 2. The van der Waals surface area contributed by atoms with Crippen LogP contribution < -0.4 is 10.1 Å². The van der Waals surface area contributed by atoms with Crippen LogP contribution in [0.2, 0.25) is 0 Å². The van der Waals surface area contributed by atoms with Gasteiger partial charge in [-0.3, -0.25) is 9.59 Å². The average molecular weight is 320 g/mol. The van der Waals surface area contributed by atoms with Gasteiger partial charge in [0.25, 0.3) is 5.91 Å². The van der Waals surface area contributed by atoms with E-state index in [0.29, 0.717) is 22.6 Å². The van der Waals surface area contributed by atoms with E-state index in [4.69, 9.17) is 4.74 Å². The zero-order valence-electron chi connectivity index (χ0n) is 13.4. The first kappa shape index (κ1) is 17.0. The summed E-state index contributed by atoms with van der Waals surface area (Å²) in [6, 6.07) is 15.4. The van der Waals surface area contributed by atoms with Crippen molar-refractivity contribution in [3.05, 3.63) is 65.2 Å². The molecule has 0 unspecified atom stereocenters. The topological polar surface area (TPSA) is 79.2 Å². The van der Waals surface area contributed by atoms with E-state index in [9.17, 15) is 14.9 Å². The van der Waals surface area contributed by atoms with Crippen molar-refractivity contribution in [2.45, 2.75) is 6.92 Å². The Bertz CT molecular complexity index is 830. The molecule has 0 atom stereocenters. The van der Waals surface area contributed by atoms with Crippen molar-refractivity contribution >= 4 is 23.5 Å². The monoisotopic (exact) mass is 320 g/mol. The third-order valence-electron chi connectivity index (χ3n) is 3.32. The third-order valence-corrected chi connectivity index (χ3v) is 3.32. The van der Waals surface area contributed by atoms with Crippen LogP contribution >= 0.6 is 0 Å². The van der Waals surface area contributed by atoms with Gasteiger partial charge >= 0.3 is 0 Å².